The zero-order valence-corrected chi connectivity index (χ0v) is 8.61. The van der Waals surface area contributed by atoms with E-state index in [9.17, 15) is 10.1 Å². The molecule has 0 aliphatic rings. The van der Waals surface area contributed by atoms with E-state index < -0.39 is 4.92 Å². The molecule has 6 heteroatoms. The summed E-state index contributed by atoms with van der Waals surface area (Å²) in [5.74, 6) is 0.674. The number of benzene rings is 1. The predicted octanol–water partition coefficient (Wildman–Crippen LogP) is 2.66. The van der Waals surface area contributed by atoms with Crippen LogP contribution in [0.2, 0.25) is 0 Å². The van der Waals surface area contributed by atoms with E-state index in [1.54, 1.807) is 30.3 Å². The van der Waals surface area contributed by atoms with Crippen molar-refractivity contribution in [3.8, 4) is 11.3 Å². The Balaban J connectivity index is 2.48. The van der Waals surface area contributed by atoms with E-state index in [2.05, 4.69) is 5.16 Å². The van der Waals surface area contributed by atoms with Gasteiger partial charge in [0.25, 0.3) is 5.69 Å². The van der Waals surface area contributed by atoms with Gasteiger partial charge < -0.3 is 9.62 Å². The highest BCUT2D eigenvalue weighted by Gasteiger charge is 2.16. The van der Waals surface area contributed by atoms with Crippen LogP contribution in [0.3, 0.4) is 0 Å². The molecule has 1 N–H and O–H groups in total. The van der Waals surface area contributed by atoms with E-state index in [-0.39, 0.29) is 5.69 Å². The quantitative estimate of drug-likeness (QED) is 0.381. The Labute approximate surface area is 95.9 Å². The molecule has 0 saturated carbocycles. The van der Waals surface area contributed by atoms with Crippen LogP contribution in [0.5, 0.6) is 0 Å². The van der Waals surface area contributed by atoms with Crippen LogP contribution in [0.4, 0.5) is 5.69 Å². The summed E-state index contributed by atoms with van der Waals surface area (Å²) in [4.78, 5) is 10.4. The molecule has 0 amide bonds. The number of nitro benzene ring substituents is 1. The molecular formula is C11H8N2O4. The smallest absolute Gasteiger partial charge is 0.280 e. The summed E-state index contributed by atoms with van der Waals surface area (Å²) in [6.07, 6.45) is 1.11. The van der Waals surface area contributed by atoms with Crippen LogP contribution in [-0.4, -0.2) is 16.3 Å². The van der Waals surface area contributed by atoms with Gasteiger partial charge in [-0.25, -0.2) is 0 Å². The monoisotopic (exact) mass is 232 g/mol. The predicted molar refractivity (Wildman–Crippen MR) is 60.2 cm³/mol. The van der Waals surface area contributed by atoms with Crippen molar-refractivity contribution >= 4 is 11.9 Å². The van der Waals surface area contributed by atoms with Crippen molar-refractivity contribution in [3.05, 3.63) is 52.3 Å². The maximum absolute atomic E-state index is 10.8. The third kappa shape index (κ3) is 2.15. The summed E-state index contributed by atoms with van der Waals surface area (Å²) in [5, 5.41) is 22.0. The lowest BCUT2D eigenvalue weighted by molar-refractivity contribution is -0.384. The van der Waals surface area contributed by atoms with Crippen LogP contribution in [0.25, 0.3) is 11.3 Å². The van der Waals surface area contributed by atoms with Gasteiger partial charge >= 0.3 is 0 Å². The zero-order chi connectivity index (χ0) is 12.3. The topological polar surface area (TPSA) is 88.9 Å². The summed E-state index contributed by atoms with van der Waals surface area (Å²) in [6.45, 7) is 0. The first kappa shape index (κ1) is 10.9. The second-order valence-electron chi connectivity index (χ2n) is 3.22. The van der Waals surface area contributed by atoms with Gasteiger partial charge in [-0.1, -0.05) is 17.3 Å². The lowest BCUT2D eigenvalue weighted by atomic mass is 10.1. The molecule has 2 aromatic rings. The highest BCUT2D eigenvalue weighted by Crippen LogP contribution is 2.30. The number of nitro groups is 1. The fraction of sp³-hybridized carbons (Fsp3) is 0. The molecule has 1 heterocycles. The van der Waals surface area contributed by atoms with Crippen LogP contribution >= 0.6 is 0 Å². The summed E-state index contributed by atoms with van der Waals surface area (Å²) in [6, 6.07) is 9.41. The minimum atomic E-state index is -0.475. The summed E-state index contributed by atoms with van der Waals surface area (Å²) >= 11 is 0. The number of nitrogens with zero attached hydrogens (tertiary/aromatic N) is 2. The maximum atomic E-state index is 10.8. The molecule has 0 unspecified atom stereocenters. The van der Waals surface area contributed by atoms with E-state index in [1.165, 1.54) is 6.07 Å². The number of furan rings is 1. The van der Waals surface area contributed by atoms with Crippen molar-refractivity contribution in [2.24, 2.45) is 5.16 Å². The lowest BCUT2D eigenvalue weighted by Crippen LogP contribution is -1.90. The molecule has 0 spiro atoms. The highest BCUT2D eigenvalue weighted by atomic mass is 16.6. The molecule has 0 aliphatic heterocycles. The van der Waals surface area contributed by atoms with Crippen LogP contribution < -0.4 is 0 Å². The molecule has 0 atom stereocenters. The molecule has 86 valence electrons. The second kappa shape index (κ2) is 4.48. The van der Waals surface area contributed by atoms with Crippen molar-refractivity contribution in [2.45, 2.75) is 0 Å². The van der Waals surface area contributed by atoms with Gasteiger partial charge in [0, 0.05) is 6.07 Å². The Hall–Kier alpha value is -2.63. The Bertz CT molecular complexity index is 574. The standard InChI is InChI=1S/C11H8N2O4/c14-12-7-8-5-6-11(17-8)9-3-1-2-4-10(9)13(15)16/h1-7,14H/b12-7-. The van der Waals surface area contributed by atoms with Crippen molar-refractivity contribution in [2.75, 3.05) is 0 Å². The van der Waals surface area contributed by atoms with Crippen molar-refractivity contribution < 1.29 is 14.5 Å². The molecule has 1 aromatic heterocycles. The first-order chi connectivity index (χ1) is 8.22. The first-order valence-corrected chi connectivity index (χ1v) is 4.73. The second-order valence-corrected chi connectivity index (χ2v) is 3.22. The average Bonchev–Trinajstić information content (AvgIpc) is 2.78. The largest absolute Gasteiger partial charge is 0.455 e. The molecule has 17 heavy (non-hydrogen) atoms. The Morgan fingerprint density at radius 2 is 2.06 bits per heavy atom. The van der Waals surface area contributed by atoms with E-state index in [1.807, 2.05) is 0 Å². The van der Waals surface area contributed by atoms with Gasteiger partial charge in [0.15, 0.2) is 0 Å². The minimum absolute atomic E-state index is 0.0330. The molecule has 0 saturated heterocycles. The third-order valence-electron chi connectivity index (χ3n) is 2.18. The molecular weight excluding hydrogens is 224 g/mol. The number of para-hydroxylation sites is 1. The van der Waals surface area contributed by atoms with Crippen LogP contribution in [0.1, 0.15) is 5.76 Å². The molecule has 1 aromatic carbocycles. The Morgan fingerprint density at radius 3 is 2.76 bits per heavy atom. The van der Waals surface area contributed by atoms with Gasteiger partial charge in [0.2, 0.25) is 0 Å². The van der Waals surface area contributed by atoms with Gasteiger partial charge in [-0.2, -0.15) is 0 Å². The maximum Gasteiger partial charge on any atom is 0.280 e. The summed E-state index contributed by atoms with van der Waals surface area (Å²) < 4.78 is 5.29. The number of hydrogen-bond donors (Lipinski definition) is 1. The van der Waals surface area contributed by atoms with Crippen LogP contribution in [0.15, 0.2) is 46.0 Å². The fourth-order valence-corrected chi connectivity index (χ4v) is 1.47. The average molecular weight is 232 g/mol. The van der Waals surface area contributed by atoms with Crippen molar-refractivity contribution in [1.29, 1.82) is 0 Å². The SMILES string of the molecule is O=[N+]([O-])c1ccccc1-c1ccc(/C=N\O)o1. The number of rotatable bonds is 3. The van der Waals surface area contributed by atoms with Crippen LogP contribution in [0, 0.1) is 10.1 Å². The van der Waals surface area contributed by atoms with E-state index in [0.29, 0.717) is 17.1 Å². The van der Waals surface area contributed by atoms with Crippen molar-refractivity contribution in [3.63, 3.8) is 0 Å². The summed E-state index contributed by atoms with van der Waals surface area (Å²) in [7, 11) is 0. The van der Waals surface area contributed by atoms with Crippen LogP contribution in [-0.2, 0) is 0 Å². The summed E-state index contributed by atoms with van der Waals surface area (Å²) in [5.41, 5.74) is 0.351. The van der Waals surface area contributed by atoms with Gasteiger partial charge in [0.05, 0.1) is 10.5 Å². The lowest BCUT2D eigenvalue weighted by Gasteiger charge is -1.98. The number of hydrogen-bond acceptors (Lipinski definition) is 5. The Morgan fingerprint density at radius 1 is 1.29 bits per heavy atom. The fourth-order valence-electron chi connectivity index (χ4n) is 1.47. The molecule has 6 nitrogen and oxygen atoms in total. The Kier molecular flexibility index (Phi) is 2.87. The van der Waals surface area contributed by atoms with Crippen molar-refractivity contribution in [1.82, 2.24) is 0 Å². The first-order valence-electron chi connectivity index (χ1n) is 4.73. The van der Waals surface area contributed by atoms with E-state index in [0.717, 1.165) is 6.21 Å². The van der Waals surface area contributed by atoms with Gasteiger partial charge in [-0.05, 0) is 18.2 Å². The molecule has 0 fully saturated rings. The van der Waals surface area contributed by atoms with E-state index >= 15 is 0 Å². The molecule has 0 radical (unpaired) electrons. The van der Waals surface area contributed by atoms with Gasteiger partial charge in [-0.3, -0.25) is 10.1 Å². The minimum Gasteiger partial charge on any atom is -0.455 e. The normalized spacial score (nSPS) is 10.8. The third-order valence-corrected chi connectivity index (χ3v) is 2.18. The highest BCUT2D eigenvalue weighted by molar-refractivity contribution is 5.78. The molecule has 0 bridgehead atoms. The van der Waals surface area contributed by atoms with Gasteiger partial charge in [0.1, 0.15) is 17.7 Å². The number of oxime groups is 1. The molecule has 0 aliphatic carbocycles. The molecule has 2 rings (SSSR count). The van der Waals surface area contributed by atoms with Gasteiger partial charge in [-0.15, -0.1) is 0 Å². The zero-order valence-electron chi connectivity index (χ0n) is 8.61. The van der Waals surface area contributed by atoms with E-state index in [4.69, 9.17) is 9.62 Å².